The molecule has 2 rings (SSSR count). The summed E-state index contributed by atoms with van der Waals surface area (Å²) in [6.45, 7) is -1.69. The number of thioether (sulfide) groups is 1. The Balaban J connectivity index is 1.90. The number of non-ortho nitro benzene ring substituents is 1. The van der Waals surface area contributed by atoms with Gasteiger partial charge in [-0.15, -0.1) is 11.8 Å². The first-order chi connectivity index (χ1) is 13.5. The van der Waals surface area contributed by atoms with Gasteiger partial charge in [0.15, 0.2) is 0 Å². The van der Waals surface area contributed by atoms with Crippen molar-refractivity contribution in [2.24, 2.45) is 0 Å². The molecular formula is C16H14F3N3O5S2. The number of hydrogen-bond donors (Lipinski definition) is 2. The molecule has 0 unspecified atom stereocenters. The highest BCUT2D eigenvalue weighted by atomic mass is 32.2. The molecule has 0 aliphatic rings. The fraction of sp³-hybridized carbons (Fsp3) is 0.188. The molecule has 2 aromatic rings. The SMILES string of the molecule is O=C(CSc1ccc([N+](=O)[O-])cc1)Nc1ccc(S(=O)(=O)NCC(F)(F)F)cc1. The van der Waals surface area contributed by atoms with Crippen LogP contribution in [0.4, 0.5) is 24.5 Å². The summed E-state index contributed by atoms with van der Waals surface area (Å²) in [7, 11) is -4.33. The fourth-order valence-electron chi connectivity index (χ4n) is 1.99. The normalized spacial score (nSPS) is 11.8. The van der Waals surface area contributed by atoms with Crippen molar-refractivity contribution in [3.8, 4) is 0 Å². The number of halogens is 3. The molecule has 0 bridgehead atoms. The van der Waals surface area contributed by atoms with Crippen LogP contribution < -0.4 is 10.0 Å². The number of sulfonamides is 1. The zero-order valence-corrected chi connectivity index (χ0v) is 16.1. The highest BCUT2D eigenvalue weighted by Crippen LogP contribution is 2.22. The van der Waals surface area contributed by atoms with E-state index in [2.05, 4.69) is 5.32 Å². The molecule has 1 amide bonds. The van der Waals surface area contributed by atoms with Crippen LogP contribution in [0, 0.1) is 10.1 Å². The Labute approximate surface area is 167 Å². The molecule has 0 saturated carbocycles. The van der Waals surface area contributed by atoms with E-state index in [0.717, 1.165) is 23.9 Å². The summed E-state index contributed by atoms with van der Waals surface area (Å²) < 4.78 is 61.5. The molecule has 8 nitrogen and oxygen atoms in total. The molecule has 0 fully saturated rings. The summed E-state index contributed by atoms with van der Waals surface area (Å²) in [5.74, 6) is -0.426. The largest absolute Gasteiger partial charge is 0.402 e. The summed E-state index contributed by atoms with van der Waals surface area (Å²) in [6, 6.07) is 10.3. The molecule has 0 heterocycles. The molecule has 0 aliphatic carbocycles. The van der Waals surface area contributed by atoms with Gasteiger partial charge in [0, 0.05) is 22.7 Å². The number of hydrogen-bond acceptors (Lipinski definition) is 6. The smallest absolute Gasteiger partial charge is 0.325 e. The molecule has 0 radical (unpaired) electrons. The third kappa shape index (κ3) is 7.36. The summed E-state index contributed by atoms with van der Waals surface area (Å²) >= 11 is 1.14. The lowest BCUT2D eigenvalue weighted by Crippen LogP contribution is -2.33. The average Bonchev–Trinajstić information content (AvgIpc) is 2.65. The minimum atomic E-state index is -4.68. The average molecular weight is 449 g/mol. The number of nitro groups is 1. The van der Waals surface area contributed by atoms with Crippen LogP contribution in [0.3, 0.4) is 0 Å². The molecule has 0 spiro atoms. The monoisotopic (exact) mass is 449 g/mol. The van der Waals surface area contributed by atoms with Gasteiger partial charge in [-0.2, -0.15) is 13.2 Å². The molecule has 0 saturated heterocycles. The van der Waals surface area contributed by atoms with Crippen LogP contribution in [0.25, 0.3) is 0 Å². The van der Waals surface area contributed by atoms with Gasteiger partial charge in [0.25, 0.3) is 5.69 Å². The molecule has 29 heavy (non-hydrogen) atoms. The van der Waals surface area contributed by atoms with E-state index in [9.17, 15) is 36.5 Å². The molecule has 0 aromatic heterocycles. The Morgan fingerprint density at radius 3 is 2.17 bits per heavy atom. The Bertz CT molecular complexity index is 978. The van der Waals surface area contributed by atoms with Crippen LogP contribution in [0.1, 0.15) is 0 Å². The molecule has 0 atom stereocenters. The van der Waals surface area contributed by atoms with Crippen molar-refractivity contribution in [2.45, 2.75) is 16.0 Å². The van der Waals surface area contributed by atoms with Crippen molar-refractivity contribution in [2.75, 3.05) is 17.6 Å². The second-order valence-corrected chi connectivity index (χ2v) is 8.37. The number of nitrogens with one attached hydrogen (secondary N) is 2. The second kappa shape index (κ2) is 9.24. The van der Waals surface area contributed by atoms with Crippen LogP contribution in [0.15, 0.2) is 58.3 Å². The second-order valence-electron chi connectivity index (χ2n) is 5.55. The van der Waals surface area contributed by atoms with Crippen molar-refractivity contribution < 1.29 is 31.3 Å². The minimum Gasteiger partial charge on any atom is -0.325 e. The van der Waals surface area contributed by atoms with Crippen molar-refractivity contribution >= 4 is 39.1 Å². The molecular weight excluding hydrogens is 435 g/mol. The Hall–Kier alpha value is -2.64. The number of anilines is 1. The number of nitrogens with zero attached hydrogens (tertiary/aromatic N) is 1. The van der Waals surface area contributed by atoms with Gasteiger partial charge in [0.05, 0.1) is 15.6 Å². The van der Waals surface area contributed by atoms with E-state index < -0.39 is 33.6 Å². The summed E-state index contributed by atoms with van der Waals surface area (Å²) in [6.07, 6.45) is -4.68. The van der Waals surface area contributed by atoms with Gasteiger partial charge in [-0.3, -0.25) is 14.9 Å². The lowest BCUT2D eigenvalue weighted by atomic mass is 10.3. The fourth-order valence-corrected chi connectivity index (χ4v) is 3.70. The van der Waals surface area contributed by atoms with Gasteiger partial charge in [-0.1, -0.05) is 0 Å². The number of rotatable bonds is 8. The maximum absolute atomic E-state index is 12.2. The van der Waals surface area contributed by atoms with Gasteiger partial charge in [0.2, 0.25) is 15.9 Å². The van der Waals surface area contributed by atoms with Gasteiger partial charge < -0.3 is 5.32 Å². The van der Waals surface area contributed by atoms with E-state index in [0.29, 0.717) is 4.90 Å². The Morgan fingerprint density at radius 2 is 1.66 bits per heavy atom. The van der Waals surface area contributed by atoms with Gasteiger partial charge in [-0.05, 0) is 36.4 Å². The van der Waals surface area contributed by atoms with E-state index in [1.54, 1.807) is 0 Å². The van der Waals surface area contributed by atoms with E-state index in [1.807, 2.05) is 0 Å². The standard InChI is InChI=1S/C16H14F3N3O5S2/c17-16(18,19)10-20-29(26,27)14-7-1-11(2-8-14)21-15(23)9-28-13-5-3-12(4-6-13)22(24)25/h1-8,20H,9-10H2,(H,21,23). The first-order valence-corrected chi connectivity index (χ1v) is 10.3. The third-order valence-electron chi connectivity index (χ3n) is 3.33. The van der Waals surface area contributed by atoms with E-state index in [1.165, 1.54) is 41.1 Å². The first-order valence-electron chi connectivity index (χ1n) is 7.80. The van der Waals surface area contributed by atoms with Gasteiger partial charge in [-0.25, -0.2) is 13.1 Å². The lowest BCUT2D eigenvalue weighted by Gasteiger charge is -2.10. The van der Waals surface area contributed by atoms with E-state index in [4.69, 9.17) is 0 Å². The zero-order valence-electron chi connectivity index (χ0n) is 14.5. The van der Waals surface area contributed by atoms with Crippen molar-refractivity contribution in [1.29, 1.82) is 0 Å². The topological polar surface area (TPSA) is 118 Å². The Morgan fingerprint density at radius 1 is 1.07 bits per heavy atom. The van der Waals surface area contributed by atoms with Crippen LogP contribution in [0.2, 0.25) is 0 Å². The molecule has 0 aliphatic heterocycles. The van der Waals surface area contributed by atoms with Crippen LogP contribution in [-0.4, -0.2) is 37.7 Å². The number of amides is 1. The predicted molar refractivity (Wildman–Crippen MR) is 100 cm³/mol. The molecule has 156 valence electrons. The molecule has 2 N–H and O–H groups in total. The predicted octanol–water partition coefficient (Wildman–Crippen LogP) is 3.17. The maximum Gasteiger partial charge on any atom is 0.402 e. The Kier molecular flexibility index (Phi) is 7.21. The number of benzene rings is 2. The maximum atomic E-state index is 12.2. The third-order valence-corrected chi connectivity index (χ3v) is 5.76. The van der Waals surface area contributed by atoms with Crippen molar-refractivity contribution in [3.05, 3.63) is 58.6 Å². The highest BCUT2D eigenvalue weighted by Gasteiger charge is 2.30. The lowest BCUT2D eigenvalue weighted by molar-refractivity contribution is -0.384. The quantitative estimate of drug-likeness (QED) is 0.363. The van der Waals surface area contributed by atoms with E-state index >= 15 is 0 Å². The summed E-state index contributed by atoms with van der Waals surface area (Å²) in [5.41, 5.74) is 0.188. The highest BCUT2D eigenvalue weighted by molar-refractivity contribution is 8.00. The number of carbonyl (C=O) groups is 1. The van der Waals surface area contributed by atoms with Crippen molar-refractivity contribution in [1.82, 2.24) is 4.72 Å². The number of nitro benzene ring substituents is 1. The zero-order chi connectivity index (χ0) is 21.7. The molecule has 13 heteroatoms. The van der Waals surface area contributed by atoms with Crippen molar-refractivity contribution in [3.63, 3.8) is 0 Å². The first kappa shape index (κ1) is 22.6. The molecule has 2 aromatic carbocycles. The van der Waals surface area contributed by atoms with Crippen LogP contribution in [0.5, 0.6) is 0 Å². The van der Waals surface area contributed by atoms with Gasteiger partial charge in [0.1, 0.15) is 6.54 Å². The minimum absolute atomic E-state index is 0.00893. The van der Waals surface area contributed by atoms with Crippen LogP contribution >= 0.6 is 11.8 Å². The number of alkyl halides is 3. The summed E-state index contributed by atoms with van der Waals surface area (Å²) in [4.78, 5) is 22.3. The number of carbonyl (C=O) groups excluding carboxylic acids is 1. The van der Waals surface area contributed by atoms with Gasteiger partial charge >= 0.3 is 6.18 Å². The summed E-state index contributed by atoms with van der Waals surface area (Å²) in [5, 5.41) is 13.1. The van der Waals surface area contributed by atoms with Crippen LogP contribution in [-0.2, 0) is 14.8 Å². The van der Waals surface area contributed by atoms with E-state index in [-0.39, 0.29) is 22.0 Å².